The number of carboxylic acids is 1. The van der Waals surface area contributed by atoms with Gasteiger partial charge in [-0.2, -0.15) is 11.3 Å². The number of hydrogen-bond acceptors (Lipinski definition) is 4. The van der Waals surface area contributed by atoms with Crippen molar-refractivity contribution in [2.75, 3.05) is 13.7 Å². The Morgan fingerprint density at radius 3 is 2.68 bits per heavy atom. The molecule has 1 aromatic heterocycles. The van der Waals surface area contributed by atoms with E-state index < -0.39 is 5.97 Å². The second kappa shape index (κ2) is 7.09. The highest BCUT2D eigenvalue weighted by Gasteiger charge is 2.11. The van der Waals surface area contributed by atoms with E-state index in [1.54, 1.807) is 6.07 Å². The number of aryl methyl sites for hydroxylation is 1. The van der Waals surface area contributed by atoms with E-state index in [1.807, 2.05) is 17.7 Å². The third-order valence-corrected chi connectivity index (χ3v) is 4.18. The zero-order valence-electron chi connectivity index (χ0n) is 12.4. The summed E-state index contributed by atoms with van der Waals surface area (Å²) in [6.45, 7) is 2.36. The third kappa shape index (κ3) is 3.65. The first-order valence-electron chi connectivity index (χ1n) is 6.74. The quantitative estimate of drug-likeness (QED) is 0.858. The number of nitrogens with one attached hydrogen (secondary N) is 1. The molecule has 22 heavy (non-hydrogen) atoms. The van der Waals surface area contributed by atoms with E-state index in [0.29, 0.717) is 24.3 Å². The number of aromatic carboxylic acids is 1. The van der Waals surface area contributed by atoms with Crippen molar-refractivity contribution in [3.8, 4) is 5.75 Å². The molecule has 6 heteroatoms. The molecule has 0 fully saturated rings. The largest absolute Gasteiger partial charge is 0.496 e. The fourth-order valence-electron chi connectivity index (χ4n) is 2.08. The SMILES string of the molecule is COc1cc(C(=O)O)ccc1CCNC(=O)c1cscc1C. The van der Waals surface area contributed by atoms with Gasteiger partial charge in [0.15, 0.2) is 0 Å². The van der Waals surface area contributed by atoms with Gasteiger partial charge in [0.05, 0.1) is 18.2 Å². The molecule has 2 rings (SSSR count). The summed E-state index contributed by atoms with van der Waals surface area (Å²) < 4.78 is 5.21. The second-order valence-corrected chi connectivity index (χ2v) is 5.55. The highest BCUT2D eigenvalue weighted by molar-refractivity contribution is 7.08. The first kappa shape index (κ1) is 16.0. The number of thiophene rings is 1. The molecule has 0 unspecified atom stereocenters. The van der Waals surface area contributed by atoms with Crippen LogP contribution in [0, 0.1) is 6.92 Å². The summed E-state index contributed by atoms with van der Waals surface area (Å²) >= 11 is 1.50. The predicted molar refractivity (Wildman–Crippen MR) is 85.0 cm³/mol. The molecule has 0 saturated heterocycles. The van der Waals surface area contributed by atoms with Crippen LogP contribution in [0.4, 0.5) is 0 Å². The first-order chi connectivity index (χ1) is 10.5. The van der Waals surface area contributed by atoms with Crippen molar-refractivity contribution in [3.63, 3.8) is 0 Å². The number of carbonyl (C=O) groups is 2. The van der Waals surface area contributed by atoms with E-state index in [4.69, 9.17) is 9.84 Å². The van der Waals surface area contributed by atoms with Crippen molar-refractivity contribution in [1.82, 2.24) is 5.32 Å². The maximum atomic E-state index is 12.0. The van der Waals surface area contributed by atoms with E-state index in [2.05, 4.69) is 5.32 Å². The summed E-state index contributed by atoms with van der Waals surface area (Å²) in [4.78, 5) is 22.9. The lowest BCUT2D eigenvalue weighted by atomic mass is 10.1. The van der Waals surface area contributed by atoms with Crippen molar-refractivity contribution in [2.24, 2.45) is 0 Å². The zero-order valence-corrected chi connectivity index (χ0v) is 13.2. The van der Waals surface area contributed by atoms with Crippen molar-refractivity contribution in [2.45, 2.75) is 13.3 Å². The van der Waals surface area contributed by atoms with Crippen molar-refractivity contribution < 1.29 is 19.4 Å². The van der Waals surface area contributed by atoms with Gasteiger partial charge in [0.1, 0.15) is 5.75 Å². The zero-order chi connectivity index (χ0) is 16.1. The molecule has 0 aliphatic rings. The molecule has 0 bridgehead atoms. The molecular weight excluding hydrogens is 302 g/mol. The molecule has 2 N–H and O–H groups in total. The van der Waals surface area contributed by atoms with Crippen LogP contribution in [0.25, 0.3) is 0 Å². The number of rotatable bonds is 6. The third-order valence-electron chi connectivity index (χ3n) is 3.31. The Balaban J connectivity index is 1.98. The van der Waals surface area contributed by atoms with Gasteiger partial charge < -0.3 is 15.2 Å². The van der Waals surface area contributed by atoms with E-state index in [1.165, 1.54) is 30.6 Å². The van der Waals surface area contributed by atoms with Gasteiger partial charge in [0, 0.05) is 11.9 Å². The van der Waals surface area contributed by atoms with Crippen molar-refractivity contribution >= 4 is 23.2 Å². The molecule has 1 amide bonds. The number of amides is 1. The van der Waals surface area contributed by atoms with Crippen LogP contribution >= 0.6 is 11.3 Å². The van der Waals surface area contributed by atoms with Crippen LogP contribution in [0.1, 0.15) is 31.8 Å². The van der Waals surface area contributed by atoms with Gasteiger partial charge in [0.25, 0.3) is 5.91 Å². The van der Waals surface area contributed by atoms with E-state index in [-0.39, 0.29) is 11.5 Å². The fourth-order valence-corrected chi connectivity index (χ4v) is 2.91. The van der Waals surface area contributed by atoms with Gasteiger partial charge in [-0.15, -0.1) is 0 Å². The van der Waals surface area contributed by atoms with Gasteiger partial charge >= 0.3 is 5.97 Å². The maximum absolute atomic E-state index is 12.0. The summed E-state index contributed by atoms with van der Waals surface area (Å²) in [5.74, 6) is -0.577. The Morgan fingerprint density at radius 1 is 1.32 bits per heavy atom. The number of carbonyl (C=O) groups excluding carboxylic acids is 1. The Hall–Kier alpha value is -2.34. The summed E-state index contributed by atoms with van der Waals surface area (Å²) in [6, 6.07) is 4.73. The molecule has 0 atom stereocenters. The predicted octanol–water partition coefficient (Wildman–Crippen LogP) is 2.74. The molecule has 0 aliphatic heterocycles. The number of benzene rings is 1. The van der Waals surface area contributed by atoms with Crippen LogP contribution in [0.15, 0.2) is 29.0 Å². The van der Waals surface area contributed by atoms with Crippen LogP contribution in [0.3, 0.4) is 0 Å². The van der Waals surface area contributed by atoms with Gasteiger partial charge in [-0.25, -0.2) is 4.79 Å². The van der Waals surface area contributed by atoms with E-state index in [0.717, 1.165) is 11.1 Å². The molecule has 0 spiro atoms. The lowest BCUT2D eigenvalue weighted by molar-refractivity contribution is 0.0696. The lowest BCUT2D eigenvalue weighted by Gasteiger charge is -2.10. The normalized spacial score (nSPS) is 10.3. The summed E-state index contributed by atoms with van der Waals surface area (Å²) in [5, 5.41) is 15.6. The Morgan fingerprint density at radius 2 is 2.09 bits per heavy atom. The fraction of sp³-hybridized carbons (Fsp3) is 0.250. The smallest absolute Gasteiger partial charge is 0.335 e. The van der Waals surface area contributed by atoms with Crippen LogP contribution < -0.4 is 10.1 Å². The molecule has 0 saturated carbocycles. The summed E-state index contributed by atoms with van der Waals surface area (Å²) in [7, 11) is 1.50. The highest BCUT2D eigenvalue weighted by Crippen LogP contribution is 2.21. The Bertz CT molecular complexity index is 693. The minimum absolute atomic E-state index is 0.0973. The highest BCUT2D eigenvalue weighted by atomic mass is 32.1. The van der Waals surface area contributed by atoms with Gasteiger partial charge in [-0.3, -0.25) is 4.79 Å². The number of methoxy groups -OCH3 is 1. The first-order valence-corrected chi connectivity index (χ1v) is 7.68. The molecule has 5 nitrogen and oxygen atoms in total. The monoisotopic (exact) mass is 319 g/mol. The molecule has 1 aromatic carbocycles. The van der Waals surface area contributed by atoms with Crippen molar-refractivity contribution in [3.05, 3.63) is 51.2 Å². The van der Waals surface area contributed by atoms with E-state index in [9.17, 15) is 9.59 Å². The molecule has 0 radical (unpaired) electrons. The molecule has 116 valence electrons. The standard InChI is InChI=1S/C16H17NO4S/c1-10-8-22-9-13(10)15(18)17-6-5-11-3-4-12(16(19)20)7-14(11)21-2/h3-4,7-9H,5-6H2,1-2H3,(H,17,18)(H,19,20). The van der Waals surface area contributed by atoms with Gasteiger partial charge in [0.2, 0.25) is 0 Å². The molecule has 1 heterocycles. The summed E-state index contributed by atoms with van der Waals surface area (Å²) in [6.07, 6.45) is 0.567. The molecule has 2 aromatic rings. The van der Waals surface area contributed by atoms with Crippen molar-refractivity contribution in [1.29, 1.82) is 0 Å². The van der Waals surface area contributed by atoms with E-state index >= 15 is 0 Å². The van der Waals surface area contributed by atoms with Crippen LogP contribution in [-0.4, -0.2) is 30.6 Å². The Labute approximate surface area is 132 Å². The Kier molecular flexibility index (Phi) is 5.16. The molecular formula is C16H17NO4S. The van der Waals surface area contributed by atoms with Crippen LogP contribution in [0.5, 0.6) is 5.75 Å². The number of hydrogen-bond donors (Lipinski definition) is 2. The average molecular weight is 319 g/mol. The maximum Gasteiger partial charge on any atom is 0.335 e. The molecule has 0 aliphatic carbocycles. The number of ether oxygens (including phenoxy) is 1. The number of carboxylic acid groups (broad SMARTS) is 1. The van der Waals surface area contributed by atoms with Gasteiger partial charge in [-0.1, -0.05) is 6.07 Å². The average Bonchev–Trinajstić information content (AvgIpc) is 2.93. The van der Waals surface area contributed by atoms with Gasteiger partial charge in [-0.05, 0) is 42.0 Å². The summed E-state index contributed by atoms with van der Waals surface area (Å²) in [5.41, 5.74) is 2.69. The minimum Gasteiger partial charge on any atom is -0.496 e. The minimum atomic E-state index is -0.994. The topological polar surface area (TPSA) is 75.6 Å². The lowest BCUT2D eigenvalue weighted by Crippen LogP contribution is -2.25. The second-order valence-electron chi connectivity index (χ2n) is 4.81. The van der Waals surface area contributed by atoms with Crippen LogP contribution in [0.2, 0.25) is 0 Å². The van der Waals surface area contributed by atoms with Crippen LogP contribution in [-0.2, 0) is 6.42 Å².